The predicted octanol–water partition coefficient (Wildman–Crippen LogP) is 5.67. The van der Waals surface area contributed by atoms with Crippen LogP contribution in [0.1, 0.15) is 31.4 Å². The van der Waals surface area contributed by atoms with Gasteiger partial charge in [-0.15, -0.1) is 0 Å². The molecule has 0 atom stereocenters. The summed E-state index contributed by atoms with van der Waals surface area (Å²) in [6, 6.07) is 14.3. The summed E-state index contributed by atoms with van der Waals surface area (Å²) in [4.78, 5) is 27.7. The van der Waals surface area contributed by atoms with Gasteiger partial charge in [-0.05, 0) is 61.9 Å². The minimum absolute atomic E-state index is 0.0551. The summed E-state index contributed by atoms with van der Waals surface area (Å²) < 4.78 is 5.98. The average Bonchev–Trinajstić information content (AvgIpc) is 3.20. The highest BCUT2D eigenvalue weighted by atomic mass is 35.5. The van der Waals surface area contributed by atoms with E-state index in [2.05, 4.69) is 15.0 Å². The highest BCUT2D eigenvalue weighted by molar-refractivity contribution is 6.33. The van der Waals surface area contributed by atoms with Crippen LogP contribution in [0.3, 0.4) is 0 Å². The number of pyridine rings is 2. The van der Waals surface area contributed by atoms with Crippen molar-refractivity contribution < 1.29 is 14.6 Å². The lowest BCUT2D eigenvalue weighted by Crippen LogP contribution is -2.28. The fourth-order valence-electron chi connectivity index (χ4n) is 4.28. The number of rotatable bonds is 5. The molecule has 1 aromatic carbocycles. The molecule has 1 aliphatic rings. The Morgan fingerprint density at radius 2 is 1.76 bits per heavy atom. The van der Waals surface area contributed by atoms with Gasteiger partial charge in [0.15, 0.2) is 5.65 Å². The van der Waals surface area contributed by atoms with Crippen molar-refractivity contribution in [2.45, 2.75) is 38.7 Å². The van der Waals surface area contributed by atoms with Gasteiger partial charge in [-0.2, -0.15) is 4.98 Å². The van der Waals surface area contributed by atoms with Gasteiger partial charge < -0.3 is 9.84 Å². The number of aromatic nitrogens is 4. The van der Waals surface area contributed by atoms with Crippen molar-refractivity contribution in [2.24, 2.45) is 5.92 Å². The fourth-order valence-corrected chi connectivity index (χ4v) is 4.54. The van der Waals surface area contributed by atoms with Crippen LogP contribution in [0.25, 0.3) is 33.5 Å². The molecular formula is C25H23ClN4O3. The zero-order valence-corrected chi connectivity index (χ0v) is 18.8. The summed E-state index contributed by atoms with van der Waals surface area (Å²) in [5.41, 5.74) is 5.96. The van der Waals surface area contributed by atoms with E-state index >= 15 is 0 Å². The number of aliphatic carboxylic acids is 1. The maximum atomic E-state index is 11.1. The molecule has 4 aromatic rings. The largest absolute Gasteiger partial charge is 0.481 e. The molecule has 0 aliphatic heterocycles. The summed E-state index contributed by atoms with van der Waals surface area (Å²) in [7, 11) is 0. The van der Waals surface area contributed by atoms with Gasteiger partial charge in [-0.1, -0.05) is 35.9 Å². The van der Waals surface area contributed by atoms with Crippen LogP contribution in [0, 0.1) is 12.8 Å². The summed E-state index contributed by atoms with van der Waals surface area (Å²) >= 11 is 6.54. The molecule has 1 fully saturated rings. The van der Waals surface area contributed by atoms with E-state index in [4.69, 9.17) is 26.4 Å². The number of aromatic amines is 1. The summed E-state index contributed by atoms with van der Waals surface area (Å²) in [5, 5.41) is 9.67. The quantitative estimate of drug-likeness (QED) is 0.396. The third-order valence-electron chi connectivity index (χ3n) is 6.09. The van der Waals surface area contributed by atoms with Gasteiger partial charge in [-0.3, -0.25) is 14.8 Å². The maximum absolute atomic E-state index is 11.1. The molecule has 1 aliphatic carbocycles. The molecule has 0 unspecified atom stereocenters. The first kappa shape index (κ1) is 21.4. The topological polar surface area (TPSA) is 101 Å². The normalized spacial score (nSPS) is 18.4. The van der Waals surface area contributed by atoms with Gasteiger partial charge in [-0.25, -0.2) is 4.98 Å². The molecule has 2 N–H and O–H groups in total. The van der Waals surface area contributed by atoms with Crippen LogP contribution in [0.15, 0.2) is 48.7 Å². The smallest absolute Gasteiger partial charge is 0.306 e. The molecule has 3 heterocycles. The first-order valence-electron chi connectivity index (χ1n) is 11.0. The zero-order valence-electron chi connectivity index (χ0n) is 18.1. The first-order valence-corrected chi connectivity index (χ1v) is 11.3. The molecule has 3 aromatic heterocycles. The maximum Gasteiger partial charge on any atom is 0.306 e. The lowest BCUT2D eigenvalue weighted by molar-refractivity contribution is -0.143. The number of carboxylic acid groups (broad SMARTS) is 1. The SMILES string of the molecule is Cc1cc(-c2ccc(-c3nc4[nH]c(O[C@H]5CC[C@H](C(=O)O)CC5)nc4cc3Cl)cc2)ccn1. The van der Waals surface area contributed by atoms with Gasteiger partial charge in [0.25, 0.3) is 6.01 Å². The van der Waals surface area contributed by atoms with E-state index in [1.165, 1.54) is 0 Å². The van der Waals surface area contributed by atoms with E-state index in [0.717, 1.165) is 22.4 Å². The summed E-state index contributed by atoms with van der Waals surface area (Å²) in [6.07, 6.45) is 4.36. The third kappa shape index (κ3) is 4.54. The van der Waals surface area contributed by atoms with Crippen molar-refractivity contribution in [1.29, 1.82) is 0 Å². The highest BCUT2D eigenvalue weighted by Gasteiger charge is 2.27. The van der Waals surface area contributed by atoms with Crippen LogP contribution in [0.4, 0.5) is 0 Å². The molecule has 0 spiro atoms. The molecule has 1 saturated carbocycles. The number of fused-ring (bicyclic) bond motifs is 1. The van der Waals surface area contributed by atoms with Gasteiger partial charge in [0.2, 0.25) is 0 Å². The van der Waals surface area contributed by atoms with Crippen molar-refractivity contribution in [3.8, 4) is 28.4 Å². The van der Waals surface area contributed by atoms with E-state index in [-0.39, 0.29) is 12.0 Å². The second kappa shape index (κ2) is 8.83. The molecule has 0 saturated heterocycles. The number of nitrogens with zero attached hydrogens (tertiary/aromatic N) is 3. The Hall–Kier alpha value is -3.45. The van der Waals surface area contributed by atoms with E-state index in [1.807, 2.05) is 43.3 Å². The number of halogens is 1. The van der Waals surface area contributed by atoms with E-state index in [1.54, 1.807) is 12.3 Å². The van der Waals surface area contributed by atoms with Crippen LogP contribution in [0.2, 0.25) is 5.02 Å². The average molecular weight is 463 g/mol. The zero-order chi connectivity index (χ0) is 22.9. The minimum atomic E-state index is -0.729. The predicted molar refractivity (Wildman–Crippen MR) is 126 cm³/mol. The van der Waals surface area contributed by atoms with Gasteiger partial charge >= 0.3 is 5.97 Å². The van der Waals surface area contributed by atoms with E-state index in [0.29, 0.717) is 53.6 Å². The summed E-state index contributed by atoms with van der Waals surface area (Å²) in [6.45, 7) is 1.97. The third-order valence-corrected chi connectivity index (χ3v) is 6.38. The standard InChI is InChI=1S/C25H23ClN4O3/c1-14-12-18(10-11-27-14)15-2-4-16(5-3-15)22-20(26)13-21-23(29-22)30-25(28-21)33-19-8-6-17(7-9-19)24(31)32/h2-5,10-13,17,19H,6-9H2,1H3,(H,31,32)(H,28,29,30)/t17-,19-. The van der Waals surface area contributed by atoms with Crippen LogP contribution in [0.5, 0.6) is 6.01 Å². The van der Waals surface area contributed by atoms with Crippen molar-refractivity contribution in [1.82, 2.24) is 19.9 Å². The fraction of sp³-hybridized carbons (Fsp3) is 0.280. The second-order valence-corrected chi connectivity index (χ2v) is 8.83. The molecular weight excluding hydrogens is 440 g/mol. The van der Waals surface area contributed by atoms with E-state index < -0.39 is 5.97 Å². The van der Waals surface area contributed by atoms with Crippen molar-refractivity contribution in [3.05, 3.63) is 59.4 Å². The molecule has 8 heteroatoms. The van der Waals surface area contributed by atoms with E-state index in [9.17, 15) is 4.79 Å². The molecule has 7 nitrogen and oxygen atoms in total. The number of nitrogens with one attached hydrogen (secondary N) is 1. The Kier molecular flexibility index (Phi) is 5.72. The number of carboxylic acids is 1. The van der Waals surface area contributed by atoms with Crippen molar-refractivity contribution >= 4 is 28.7 Å². The van der Waals surface area contributed by atoms with Crippen LogP contribution in [-0.4, -0.2) is 37.1 Å². The molecule has 0 bridgehead atoms. The molecule has 33 heavy (non-hydrogen) atoms. The molecule has 168 valence electrons. The number of ether oxygens (including phenoxy) is 1. The van der Waals surface area contributed by atoms with Crippen LogP contribution in [-0.2, 0) is 4.79 Å². The minimum Gasteiger partial charge on any atom is -0.481 e. The summed E-state index contributed by atoms with van der Waals surface area (Å²) in [5.74, 6) is -1.01. The Morgan fingerprint density at radius 3 is 2.45 bits per heavy atom. The monoisotopic (exact) mass is 462 g/mol. The lowest BCUT2D eigenvalue weighted by Gasteiger charge is -2.25. The number of aryl methyl sites for hydroxylation is 1. The Bertz CT molecular complexity index is 1310. The number of carbonyl (C=O) groups is 1. The molecule has 0 amide bonds. The number of benzene rings is 1. The second-order valence-electron chi connectivity index (χ2n) is 8.42. The number of H-pyrrole nitrogens is 1. The Labute approximate surface area is 195 Å². The number of hydrogen-bond donors (Lipinski definition) is 2. The molecule has 5 rings (SSSR count). The Balaban J connectivity index is 1.35. The van der Waals surface area contributed by atoms with Gasteiger partial charge in [0, 0.05) is 17.5 Å². The lowest BCUT2D eigenvalue weighted by atomic mass is 9.87. The van der Waals surface area contributed by atoms with Gasteiger partial charge in [0.1, 0.15) is 11.6 Å². The van der Waals surface area contributed by atoms with Crippen LogP contribution >= 0.6 is 11.6 Å². The van der Waals surface area contributed by atoms with Gasteiger partial charge in [0.05, 0.1) is 16.6 Å². The van der Waals surface area contributed by atoms with Crippen LogP contribution < -0.4 is 4.74 Å². The molecule has 0 radical (unpaired) electrons. The highest BCUT2D eigenvalue weighted by Crippen LogP contribution is 2.32. The van der Waals surface area contributed by atoms with Crippen molar-refractivity contribution in [3.63, 3.8) is 0 Å². The number of imidazole rings is 1. The Morgan fingerprint density at radius 1 is 1.03 bits per heavy atom. The van der Waals surface area contributed by atoms with Crippen molar-refractivity contribution in [2.75, 3.05) is 0 Å². The number of hydrogen-bond acceptors (Lipinski definition) is 5. The first-order chi connectivity index (χ1) is 16.0.